The number of sulfonamides is 1. The lowest BCUT2D eigenvalue weighted by molar-refractivity contribution is 0.608. The average molecular weight is 191 g/mol. The van der Waals surface area contributed by atoms with Crippen molar-refractivity contribution in [3.05, 3.63) is 12.3 Å². The summed E-state index contributed by atoms with van der Waals surface area (Å²) in [7, 11) is -3.84. The summed E-state index contributed by atoms with van der Waals surface area (Å²) in [5.41, 5.74) is 0. The maximum absolute atomic E-state index is 10.5. The maximum Gasteiger partial charge on any atom is 0.254 e. The number of rotatable bonds is 3. The van der Waals surface area contributed by atoms with Crippen molar-refractivity contribution in [2.75, 3.05) is 0 Å². The molecule has 5 nitrogen and oxygen atoms in total. The molecule has 0 fully saturated rings. The molecule has 0 saturated heterocycles. The van der Waals surface area contributed by atoms with E-state index in [-0.39, 0.29) is 6.04 Å². The van der Waals surface area contributed by atoms with Gasteiger partial charge in [0.2, 0.25) is 0 Å². The first-order chi connectivity index (χ1) is 5.34. The third-order valence-electron chi connectivity index (χ3n) is 0.971. The lowest BCUT2D eigenvalue weighted by atomic mass is 10.4. The normalized spacial score (nSPS) is 12.3. The van der Waals surface area contributed by atoms with Crippen LogP contribution in [0.4, 0.5) is 0 Å². The van der Waals surface area contributed by atoms with E-state index >= 15 is 0 Å². The third-order valence-corrected chi connectivity index (χ3v) is 1.72. The van der Waals surface area contributed by atoms with Gasteiger partial charge in [-0.05, 0) is 26.1 Å². The van der Waals surface area contributed by atoms with Crippen molar-refractivity contribution >= 4 is 15.1 Å². The predicted octanol–water partition coefficient (Wildman–Crippen LogP) is -0.236. The van der Waals surface area contributed by atoms with Gasteiger partial charge in [-0.3, -0.25) is 5.41 Å². The molecule has 0 aromatic heterocycles. The van der Waals surface area contributed by atoms with Gasteiger partial charge in [0.15, 0.2) is 5.04 Å². The van der Waals surface area contributed by atoms with Gasteiger partial charge in [0.25, 0.3) is 10.0 Å². The molecule has 0 radical (unpaired) electrons. The Kier molecular flexibility index (Phi) is 3.91. The first kappa shape index (κ1) is 11.1. The maximum atomic E-state index is 10.5. The molecule has 0 unspecified atom stereocenters. The largest absolute Gasteiger partial charge is 0.389 e. The zero-order chi connectivity index (χ0) is 9.78. The average Bonchev–Trinajstić information content (AvgIpc) is 1.84. The van der Waals surface area contributed by atoms with Crippen molar-refractivity contribution in [2.45, 2.75) is 19.9 Å². The Morgan fingerprint density at radius 1 is 1.58 bits per heavy atom. The van der Waals surface area contributed by atoms with Crippen molar-refractivity contribution in [1.29, 1.82) is 5.41 Å². The topological polar surface area (TPSA) is 96.0 Å². The van der Waals surface area contributed by atoms with E-state index in [1.807, 2.05) is 13.8 Å². The first-order valence-corrected chi connectivity index (χ1v) is 4.92. The van der Waals surface area contributed by atoms with Gasteiger partial charge in [0.05, 0.1) is 0 Å². The molecule has 0 saturated carbocycles. The molecule has 4 N–H and O–H groups in total. The van der Waals surface area contributed by atoms with Crippen molar-refractivity contribution in [3.63, 3.8) is 0 Å². The molecular weight excluding hydrogens is 178 g/mol. The van der Waals surface area contributed by atoms with Crippen LogP contribution >= 0.6 is 0 Å². The highest BCUT2D eigenvalue weighted by Crippen LogP contribution is 1.84. The Morgan fingerprint density at radius 3 is 2.42 bits per heavy atom. The Morgan fingerprint density at radius 2 is 2.08 bits per heavy atom. The minimum absolute atomic E-state index is 0.203. The molecule has 0 aromatic rings. The van der Waals surface area contributed by atoms with Crippen molar-refractivity contribution in [1.82, 2.24) is 5.32 Å². The summed E-state index contributed by atoms with van der Waals surface area (Å²) < 4.78 is 21.0. The SMILES string of the molecule is CC(C)N/C=C\C(=N)S(N)(=O)=O. The van der Waals surface area contributed by atoms with Gasteiger partial charge < -0.3 is 5.32 Å². The fourth-order valence-electron chi connectivity index (χ4n) is 0.411. The molecular formula is C6H13N3O2S. The van der Waals surface area contributed by atoms with Crippen LogP contribution in [0.2, 0.25) is 0 Å². The summed E-state index contributed by atoms with van der Waals surface area (Å²) in [6.07, 6.45) is 2.49. The summed E-state index contributed by atoms with van der Waals surface area (Å²) >= 11 is 0. The van der Waals surface area contributed by atoms with Crippen LogP contribution < -0.4 is 10.5 Å². The zero-order valence-electron chi connectivity index (χ0n) is 7.03. The molecule has 0 spiro atoms. The summed E-state index contributed by atoms with van der Waals surface area (Å²) in [5, 5.41) is 13.8. The Bertz CT molecular complexity index is 279. The Hall–Kier alpha value is -0.880. The third kappa shape index (κ3) is 4.86. The highest BCUT2D eigenvalue weighted by molar-refractivity contribution is 8.04. The molecule has 12 heavy (non-hydrogen) atoms. The quantitative estimate of drug-likeness (QED) is 0.424. The Labute approximate surface area is 72.2 Å². The molecule has 70 valence electrons. The minimum Gasteiger partial charge on any atom is -0.389 e. The molecule has 0 aliphatic heterocycles. The lowest BCUT2D eigenvalue weighted by Gasteiger charge is -2.02. The summed E-state index contributed by atoms with van der Waals surface area (Å²) in [5.74, 6) is 0. The van der Waals surface area contributed by atoms with Gasteiger partial charge in [0.1, 0.15) is 0 Å². The smallest absolute Gasteiger partial charge is 0.254 e. The molecule has 0 heterocycles. The molecule has 6 heteroatoms. The molecule has 0 aromatic carbocycles. The predicted molar refractivity (Wildman–Crippen MR) is 48.2 cm³/mol. The van der Waals surface area contributed by atoms with Crippen molar-refractivity contribution in [3.8, 4) is 0 Å². The van der Waals surface area contributed by atoms with Crippen LogP contribution in [0.1, 0.15) is 13.8 Å². The summed E-state index contributed by atoms with van der Waals surface area (Å²) in [6.45, 7) is 3.79. The van der Waals surface area contributed by atoms with Crippen molar-refractivity contribution in [2.24, 2.45) is 5.14 Å². The Balaban J connectivity index is 4.12. The van der Waals surface area contributed by atoms with Gasteiger partial charge in [-0.25, -0.2) is 13.6 Å². The number of hydrogen-bond donors (Lipinski definition) is 3. The van der Waals surface area contributed by atoms with Crippen LogP contribution in [0.5, 0.6) is 0 Å². The molecule has 0 amide bonds. The van der Waals surface area contributed by atoms with Gasteiger partial charge in [-0.1, -0.05) is 0 Å². The molecule has 0 bridgehead atoms. The summed E-state index contributed by atoms with van der Waals surface area (Å²) in [6, 6.07) is 0.203. The first-order valence-electron chi connectivity index (χ1n) is 3.38. The second-order valence-corrected chi connectivity index (χ2v) is 4.09. The minimum atomic E-state index is -3.84. The number of nitrogens with one attached hydrogen (secondary N) is 2. The van der Waals surface area contributed by atoms with Gasteiger partial charge in [-0.2, -0.15) is 0 Å². The van der Waals surface area contributed by atoms with E-state index in [4.69, 9.17) is 5.41 Å². The van der Waals surface area contributed by atoms with E-state index in [0.717, 1.165) is 6.08 Å². The molecule has 0 aliphatic rings. The van der Waals surface area contributed by atoms with E-state index in [1.54, 1.807) is 0 Å². The molecule has 0 aliphatic carbocycles. The fraction of sp³-hybridized carbons (Fsp3) is 0.500. The number of primary sulfonamides is 1. The van der Waals surface area contributed by atoms with Crippen LogP contribution in [0.3, 0.4) is 0 Å². The highest BCUT2D eigenvalue weighted by Gasteiger charge is 2.06. The number of nitrogens with two attached hydrogens (primary N) is 1. The van der Waals surface area contributed by atoms with Crippen LogP contribution in [-0.2, 0) is 10.0 Å². The van der Waals surface area contributed by atoms with Crippen LogP contribution in [0.15, 0.2) is 12.3 Å². The van der Waals surface area contributed by atoms with E-state index in [0.29, 0.717) is 0 Å². The second-order valence-electron chi connectivity index (χ2n) is 2.56. The van der Waals surface area contributed by atoms with E-state index < -0.39 is 15.1 Å². The van der Waals surface area contributed by atoms with Gasteiger partial charge >= 0.3 is 0 Å². The monoisotopic (exact) mass is 191 g/mol. The van der Waals surface area contributed by atoms with Gasteiger partial charge in [-0.15, -0.1) is 0 Å². The van der Waals surface area contributed by atoms with E-state index in [1.165, 1.54) is 6.20 Å². The van der Waals surface area contributed by atoms with Gasteiger partial charge in [0, 0.05) is 6.04 Å². The molecule has 0 atom stereocenters. The lowest BCUT2D eigenvalue weighted by Crippen LogP contribution is -2.22. The van der Waals surface area contributed by atoms with Crippen LogP contribution in [0.25, 0.3) is 0 Å². The standard InChI is InChI=1S/C6H13N3O2S/c1-5(2)9-4-3-6(7)12(8,10)11/h3-5,7,9H,1-2H3,(H2,8,10,11)/b4-3-,7-6?. The fourth-order valence-corrected chi connectivity index (χ4v) is 0.669. The summed E-state index contributed by atoms with van der Waals surface area (Å²) in [4.78, 5) is 0. The second kappa shape index (κ2) is 4.22. The van der Waals surface area contributed by atoms with E-state index in [2.05, 4.69) is 10.5 Å². The number of hydrogen-bond acceptors (Lipinski definition) is 4. The zero-order valence-corrected chi connectivity index (χ0v) is 7.85. The van der Waals surface area contributed by atoms with Crippen LogP contribution in [-0.4, -0.2) is 19.5 Å². The van der Waals surface area contributed by atoms with E-state index in [9.17, 15) is 8.42 Å². The van der Waals surface area contributed by atoms with Crippen LogP contribution in [0, 0.1) is 5.41 Å². The molecule has 0 rings (SSSR count). The highest BCUT2D eigenvalue weighted by atomic mass is 32.2. The van der Waals surface area contributed by atoms with Crippen molar-refractivity contribution < 1.29 is 8.42 Å².